The zero-order valence-electron chi connectivity index (χ0n) is 13.8. The van der Waals surface area contributed by atoms with Crippen molar-refractivity contribution in [1.82, 2.24) is 9.88 Å². The lowest BCUT2D eigenvalue weighted by Crippen LogP contribution is -2.52. The summed E-state index contributed by atoms with van der Waals surface area (Å²) in [6.07, 6.45) is 8.42. The van der Waals surface area contributed by atoms with Crippen LogP contribution in [-0.2, 0) is 16.0 Å². The van der Waals surface area contributed by atoms with Crippen LogP contribution in [-0.4, -0.2) is 52.8 Å². The van der Waals surface area contributed by atoms with Gasteiger partial charge in [-0.3, -0.25) is 9.78 Å². The second-order valence-corrected chi connectivity index (χ2v) is 6.93. The molecule has 0 spiro atoms. The Labute approximate surface area is 137 Å². The van der Waals surface area contributed by atoms with E-state index >= 15 is 0 Å². The number of rotatable bonds is 5. The number of methoxy groups -OCH3 is 1. The van der Waals surface area contributed by atoms with E-state index in [-0.39, 0.29) is 12.0 Å². The molecule has 5 nitrogen and oxygen atoms in total. The van der Waals surface area contributed by atoms with Gasteiger partial charge in [-0.1, -0.05) is 6.42 Å². The van der Waals surface area contributed by atoms with Crippen molar-refractivity contribution in [3.8, 4) is 0 Å². The summed E-state index contributed by atoms with van der Waals surface area (Å²) in [7, 11) is 1.63. The van der Waals surface area contributed by atoms with Gasteiger partial charge >= 0.3 is 0 Å². The zero-order chi connectivity index (χ0) is 16.3. The van der Waals surface area contributed by atoms with E-state index in [4.69, 9.17) is 4.74 Å². The normalized spacial score (nSPS) is 22.4. The van der Waals surface area contributed by atoms with E-state index in [2.05, 4.69) is 4.98 Å². The predicted octanol–water partition coefficient (Wildman–Crippen LogP) is 1.79. The number of hydrogen-bond acceptors (Lipinski definition) is 4. The third-order valence-electron chi connectivity index (χ3n) is 5.36. The van der Waals surface area contributed by atoms with Crippen LogP contribution in [0, 0.1) is 5.92 Å². The van der Waals surface area contributed by atoms with E-state index in [1.165, 1.54) is 6.42 Å². The fourth-order valence-electron chi connectivity index (χ4n) is 3.62. The Balaban J connectivity index is 1.56. The molecule has 1 saturated heterocycles. The highest BCUT2D eigenvalue weighted by molar-refractivity contribution is 5.81. The van der Waals surface area contributed by atoms with Crippen LogP contribution in [0.1, 0.15) is 37.7 Å². The van der Waals surface area contributed by atoms with E-state index in [1.807, 2.05) is 17.0 Å². The van der Waals surface area contributed by atoms with Gasteiger partial charge in [0.25, 0.3) is 5.91 Å². The van der Waals surface area contributed by atoms with E-state index < -0.39 is 5.60 Å². The molecule has 2 aliphatic rings. The molecule has 2 heterocycles. The molecule has 126 valence electrons. The van der Waals surface area contributed by atoms with E-state index in [1.54, 1.807) is 19.5 Å². The number of likely N-dealkylation sites (tertiary alicyclic amines) is 1. The zero-order valence-corrected chi connectivity index (χ0v) is 13.8. The van der Waals surface area contributed by atoms with Gasteiger partial charge in [0.2, 0.25) is 0 Å². The first kappa shape index (κ1) is 16.4. The van der Waals surface area contributed by atoms with Gasteiger partial charge in [0.15, 0.2) is 0 Å². The van der Waals surface area contributed by atoms with Crippen molar-refractivity contribution in [3.63, 3.8) is 0 Å². The summed E-state index contributed by atoms with van der Waals surface area (Å²) >= 11 is 0. The molecule has 1 unspecified atom stereocenters. The first-order valence-electron chi connectivity index (χ1n) is 8.54. The number of pyridine rings is 1. The Bertz CT molecular complexity index is 522. The van der Waals surface area contributed by atoms with Crippen LogP contribution in [0.4, 0.5) is 0 Å². The Hall–Kier alpha value is -1.46. The molecule has 1 aliphatic heterocycles. The van der Waals surface area contributed by atoms with Crippen molar-refractivity contribution in [2.24, 2.45) is 5.92 Å². The van der Waals surface area contributed by atoms with Crippen molar-refractivity contribution < 1.29 is 14.6 Å². The smallest absolute Gasteiger partial charge is 0.251 e. The topological polar surface area (TPSA) is 62.7 Å². The number of aliphatic hydroxyl groups is 1. The van der Waals surface area contributed by atoms with Crippen LogP contribution in [0.5, 0.6) is 0 Å². The summed E-state index contributed by atoms with van der Waals surface area (Å²) in [6, 6.07) is 3.88. The van der Waals surface area contributed by atoms with E-state index in [0.717, 1.165) is 18.4 Å². The minimum atomic E-state index is -0.725. The number of hydrogen-bond donors (Lipinski definition) is 1. The van der Waals surface area contributed by atoms with Gasteiger partial charge < -0.3 is 14.7 Å². The molecule has 1 saturated carbocycles. The monoisotopic (exact) mass is 318 g/mol. The minimum Gasteiger partial charge on any atom is -0.389 e. The van der Waals surface area contributed by atoms with E-state index in [9.17, 15) is 9.90 Å². The molecule has 3 rings (SSSR count). The second-order valence-electron chi connectivity index (χ2n) is 6.93. The Kier molecular flexibility index (Phi) is 4.97. The second kappa shape index (κ2) is 6.97. The third kappa shape index (κ3) is 3.72. The van der Waals surface area contributed by atoms with Crippen LogP contribution < -0.4 is 0 Å². The quantitative estimate of drug-likeness (QED) is 0.899. The van der Waals surface area contributed by atoms with Gasteiger partial charge in [0, 0.05) is 39.0 Å². The summed E-state index contributed by atoms with van der Waals surface area (Å²) in [5, 5.41) is 10.8. The average molecular weight is 318 g/mol. The highest BCUT2D eigenvalue weighted by Gasteiger charge is 2.39. The first-order valence-corrected chi connectivity index (χ1v) is 8.54. The number of amides is 1. The molecular formula is C18H26N2O3. The molecule has 1 aromatic rings. The highest BCUT2D eigenvalue weighted by Crippen LogP contribution is 2.33. The lowest BCUT2D eigenvalue weighted by atomic mass is 9.80. The Morgan fingerprint density at radius 3 is 2.57 bits per heavy atom. The fourth-order valence-corrected chi connectivity index (χ4v) is 3.62. The summed E-state index contributed by atoms with van der Waals surface area (Å²) in [5.74, 6) is 0.480. The van der Waals surface area contributed by atoms with Crippen LogP contribution in [0.3, 0.4) is 0 Å². The lowest BCUT2D eigenvalue weighted by Gasteiger charge is -2.41. The average Bonchev–Trinajstić information content (AvgIpc) is 2.51. The number of ether oxygens (including phenoxy) is 1. The fraction of sp³-hybridized carbons (Fsp3) is 0.667. The first-order chi connectivity index (χ1) is 11.1. The molecule has 1 atom stereocenters. The summed E-state index contributed by atoms with van der Waals surface area (Å²) in [5.41, 5.74) is 0.364. The van der Waals surface area contributed by atoms with Gasteiger partial charge in [0.05, 0.1) is 5.60 Å². The molecule has 1 amide bonds. The van der Waals surface area contributed by atoms with Crippen molar-refractivity contribution in [2.45, 2.75) is 50.2 Å². The molecule has 1 aromatic heterocycles. The molecule has 0 bridgehead atoms. The lowest BCUT2D eigenvalue weighted by molar-refractivity contribution is -0.151. The minimum absolute atomic E-state index is 0.100. The van der Waals surface area contributed by atoms with Crippen LogP contribution in [0.2, 0.25) is 0 Å². The predicted molar refractivity (Wildman–Crippen MR) is 86.8 cm³/mol. The van der Waals surface area contributed by atoms with Gasteiger partial charge in [-0.15, -0.1) is 0 Å². The molecule has 1 N–H and O–H groups in total. The molecule has 1 aliphatic carbocycles. The van der Waals surface area contributed by atoms with Gasteiger partial charge in [0.1, 0.15) is 6.10 Å². The van der Waals surface area contributed by atoms with Crippen LogP contribution in [0.25, 0.3) is 0 Å². The summed E-state index contributed by atoms with van der Waals surface area (Å²) < 4.78 is 5.46. The molecule has 2 fully saturated rings. The molecule has 0 radical (unpaired) electrons. The van der Waals surface area contributed by atoms with Gasteiger partial charge in [-0.05, 0) is 49.3 Å². The molecular weight excluding hydrogens is 292 g/mol. The Morgan fingerprint density at radius 1 is 1.39 bits per heavy atom. The van der Waals surface area contributed by atoms with Crippen LogP contribution in [0.15, 0.2) is 24.5 Å². The van der Waals surface area contributed by atoms with Gasteiger partial charge in [-0.2, -0.15) is 0 Å². The maximum Gasteiger partial charge on any atom is 0.251 e. The maximum absolute atomic E-state index is 12.6. The number of carbonyl (C=O) groups is 1. The largest absolute Gasteiger partial charge is 0.389 e. The van der Waals surface area contributed by atoms with Gasteiger partial charge in [-0.25, -0.2) is 0 Å². The van der Waals surface area contributed by atoms with Crippen LogP contribution >= 0.6 is 0 Å². The van der Waals surface area contributed by atoms with E-state index in [0.29, 0.717) is 38.3 Å². The number of carbonyl (C=O) groups excluding carboxylic acids is 1. The highest BCUT2D eigenvalue weighted by atomic mass is 16.5. The molecule has 0 aromatic carbocycles. The van der Waals surface area contributed by atoms with Crippen molar-refractivity contribution in [1.29, 1.82) is 0 Å². The number of piperidine rings is 1. The summed E-state index contributed by atoms with van der Waals surface area (Å²) in [6.45, 7) is 1.21. The maximum atomic E-state index is 12.6. The van der Waals surface area contributed by atoms with Crippen molar-refractivity contribution in [3.05, 3.63) is 30.1 Å². The van der Waals surface area contributed by atoms with Crippen molar-refractivity contribution >= 4 is 5.91 Å². The SMILES string of the molecule is COC(C(=O)N1CCC(O)(Cc2ccncc2)CC1)C1CCC1. The Morgan fingerprint density at radius 2 is 2.04 bits per heavy atom. The molecule has 5 heteroatoms. The third-order valence-corrected chi connectivity index (χ3v) is 5.36. The number of aromatic nitrogens is 1. The number of nitrogens with zero attached hydrogens (tertiary/aromatic N) is 2. The molecule has 23 heavy (non-hydrogen) atoms. The summed E-state index contributed by atoms with van der Waals surface area (Å²) in [4.78, 5) is 18.5. The van der Waals surface area contributed by atoms with Crippen molar-refractivity contribution in [2.75, 3.05) is 20.2 Å². The standard InChI is InChI=1S/C18H26N2O3/c1-23-16(15-3-2-4-15)17(21)20-11-7-18(22,8-12-20)13-14-5-9-19-10-6-14/h5-6,9-10,15-16,22H,2-4,7-8,11-13H2,1H3.